The van der Waals surface area contributed by atoms with Crippen LogP contribution in [0.3, 0.4) is 0 Å². The number of piperazine rings is 1. The van der Waals surface area contributed by atoms with E-state index in [1.54, 1.807) is 7.11 Å². The van der Waals surface area contributed by atoms with Gasteiger partial charge in [-0.1, -0.05) is 0 Å². The number of H-pyrrole nitrogens is 2. The maximum Gasteiger partial charge on any atom is 0.419 e. The first kappa shape index (κ1) is 19.3. The first-order chi connectivity index (χ1) is 13.8. The van der Waals surface area contributed by atoms with Crippen molar-refractivity contribution in [1.29, 1.82) is 0 Å². The number of anilines is 2. The number of ether oxygens (including phenoxy) is 1. The minimum atomic E-state index is -4.34. The summed E-state index contributed by atoms with van der Waals surface area (Å²) in [6, 6.07) is 10.7. The zero-order valence-electron chi connectivity index (χ0n) is 16.3. The molecule has 0 spiro atoms. The normalized spacial score (nSPS) is 15.1. The number of hydrogen-bond acceptors (Lipinski definition) is 3. The number of halogens is 3. The van der Waals surface area contributed by atoms with Gasteiger partial charge in [-0.2, -0.15) is 13.2 Å². The van der Waals surface area contributed by atoms with E-state index in [1.807, 2.05) is 25.1 Å². The first-order valence-electron chi connectivity index (χ1n) is 9.44. The van der Waals surface area contributed by atoms with Gasteiger partial charge in [0.05, 0.1) is 36.8 Å². The van der Waals surface area contributed by atoms with Crippen molar-refractivity contribution in [3.63, 3.8) is 0 Å². The minimum Gasteiger partial charge on any atom is -0.497 e. The molecule has 2 aromatic heterocycles. The number of nitrogens with one attached hydrogen (secondary N) is 2. The van der Waals surface area contributed by atoms with Crippen LogP contribution in [0.25, 0.3) is 10.9 Å². The van der Waals surface area contributed by atoms with Gasteiger partial charge in [-0.3, -0.25) is 4.90 Å². The van der Waals surface area contributed by atoms with E-state index in [1.165, 1.54) is 6.07 Å². The summed E-state index contributed by atoms with van der Waals surface area (Å²) in [5.41, 5.74) is 2.57. The molecular formula is C21H23F3N4O+2. The van der Waals surface area contributed by atoms with E-state index in [4.69, 9.17) is 4.74 Å². The number of nitrogens with zero attached hydrogens (tertiary/aromatic N) is 2. The van der Waals surface area contributed by atoms with E-state index in [9.17, 15) is 13.2 Å². The van der Waals surface area contributed by atoms with Gasteiger partial charge >= 0.3 is 6.18 Å². The van der Waals surface area contributed by atoms with Crippen LogP contribution < -0.4 is 24.5 Å². The van der Waals surface area contributed by atoms with Gasteiger partial charge in [0.15, 0.2) is 5.69 Å². The van der Waals surface area contributed by atoms with Crippen molar-refractivity contribution in [2.75, 3.05) is 43.1 Å². The molecule has 1 saturated heterocycles. The van der Waals surface area contributed by atoms with Gasteiger partial charge in [-0.05, 0) is 18.2 Å². The number of rotatable bonds is 3. The number of aryl methyl sites for hydroxylation is 1. The van der Waals surface area contributed by atoms with Crippen molar-refractivity contribution < 1.29 is 27.9 Å². The van der Waals surface area contributed by atoms with E-state index in [2.05, 4.69) is 25.8 Å². The molecule has 0 saturated carbocycles. The quantitative estimate of drug-likeness (QED) is 0.674. The Kier molecular flexibility index (Phi) is 4.94. The standard InChI is InChI=1S/C21H21F3N4O/c1-14-11-19(17-12-16(29-2)4-5-18(17)26-14)27-7-9-28(10-8-27)20-6-3-15(13-25-20)21(22,23)24/h3-6,11-13H,7-10H2,1-2H3/p+2. The molecule has 0 radical (unpaired) electrons. The lowest BCUT2D eigenvalue weighted by molar-refractivity contribution is -0.367. The number of aromatic amines is 2. The Balaban J connectivity index is 1.54. The number of aromatic nitrogens is 2. The molecule has 2 N–H and O–H groups in total. The van der Waals surface area contributed by atoms with Crippen molar-refractivity contribution in [2.24, 2.45) is 0 Å². The van der Waals surface area contributed by atoms with Gasteiger partial charge < -0.3 is 9.64 Å². The molecule has 3 aromatic rings. The minimum absolute atomic E-state index is 0.670. The number of benzene rings is 1. The summed E-state index contributed by atoms with van der Waals surface area (Å²) in [4.78, 5) is 10.6. The van der Waals surface area contributed by atoms with Crippen molar-refractivity contribution in [1.82, 2.24) is 0 Å². The van der Waals surface area contributed by atoms with Crippen molar-refractivity contribution in [3.8, 4) is 5.75 Å². The summed E-state index contributed by atoms with van der Waals surface area (Å²) < 4.78 is 43.7. The fourth-order valence-electron chi connectivity index (χ4n) is 3.74. The zero-order valence-corrected chi connectivity index (χ0v) is 16.3. The lowest BCUT2D eigenvalue weighted by Crippen LogP contribution is -2.48. The van der Waals surface area contributed by atoms with Crippen LogP contribution in [0.15, 0.2) is 42.6 Å². The Bertz CT molecular complexity index is 1010. The van der Waals surface area contributed by atoms with E-state index >= 15 is 0 Å². The number of pyridine rings is 2. The van der Waals surface area contributed by atoms with E-state index in [0.29, 0.717) is 18.9 Å². The number of hydrogen-bond donors (Lipinski definition) is 0. The third kappa shape index (κ3) is 3.92. The lowest BCUT2D eigenvalue weighted by Gasteiger charge is -2.32. The van der Waals surface area contributed by atoms with Crippen LogP contribution in [0.5, 0.6) is 5.75 Å². The van der Waals surface area contributed by atoms with Gasteiger partial charge in [0.25, 0.3) is 5.82 Å². The largest absolute Gasteiger partial charge is 0.497 e. The Hall–Kier alpha value is -3.03. The van der Waals surface area contributed by atoms with Gasteiger partial charge in [-0.15, -0.1) is 0 Å². The topological polar surface area (TPSA) is 44.0 Å². The van der Waals surface area contributed by atoms with Gasteiger partial charge in [0.2, 0.25) is 5.52 Å². The molecule has 152 valence electrons. The molecule has 0 amide bonds. The van der Waals surface area contributed by atoms with E-state index in [-0.39, 0.29) is 0 Å². The van der Waals surface area contributed by atoms with Crippen LogP contribution in [-0.2, 0) is 6.18 Å². The molecular weight excluding hydrogens is 381 g/mol. The highest BCUT2D eigenvalue weighted by Crippen LogP contribution is 2.30. The number of methoxy groups -OCH3 is 1. The zero-order chi connectivity index (χ0) is 20.6. The van der Waals surface area contributed by atoms with Crippen molar-refractivity contribution >= 4 is 22.4 Å². The van der Waals surface area contributed by atoms with Crippen LogP contribution in [-0.4, -0.2) is 33.3 Å². The third-order valence-corrected chi connectivity index (χ3v) is 5.27. The predicted octanol–water partition coefficient (Wildman–Crippen LogP) is 3.13. The van der Waals surface area contributed by atoms with Crippen LogP contribution >= 0.6 is 0 Å². The highest BCUT2D eigenvalue weighted by molar-refractivity contribution is 5.91. The van der Waals surface area contributed by atoms with Gasteiger partial charge in [0, 0.05) is 25.1 Å². The number of alkyl halides is 3. The average Bonchev–Trinajstić information content (AvgIpc) is 2.72. The molecule has 1 fully saturated rings. The van der Waals surface area contributed by atoms with Crippen LogP contribution in [0.1, 0.15) is 11.3 Å². The molecule has 1 aliphatic rings. The Labute approximate surface area is 166 Å². The highest BCUT2D eigenvalue weighted by atomic mass is 19.4. The average molecular weight is 404 g/mol. The molecule has 0 aliphatic carbocycles. The summed E-state index contributed by atoms with van der Waals surface area (Å²) in [6.07, 6.45) is -3.31. The fourth-order valence-corrected chi connectivity index (χ4v) is 3.74. The predicted molar refractivity (Wildman–Crippen MR) is 104 cm³/mol. The van der Waals surface area contributed by atoms with Crippen molar-refractivity contribution in [3.05, 3.63) is 53.9 Å². The summed E-state index contributed by atoms with van der Waals surface area (Å²) in [5.74, 6) is 1.50. The molecule has 1 aliphatic heterocycles. The Morgan fingerprint density at radius 2 is 1.69 bits per heavy atom. The maximum absolute atomic E-state index is 12.8. The van der Waals surface area contributed by atoms with Crippen LogP contribution in [0.2, 0.25) is 0 Å². The van der Waals surface area contributed by atoms with Crippen LogP contribution in [0.4, 0.5) is 24.7 Å². The molecule has 29 heavy (non-hydrogen) atoms. The third-order valence-electron chi connectivity index (χ3n) is 5.27. The lowest BCUT2D eigenvalue weighted by atomic mass is 10.1. The molecule has 0 atom stereocenters. The van der Waals surface area contributed by atoms with E-state index in [0.717, 1.165) is 53.4 Å². The van der Waals surface area contributed by atoms with Gasteiger partial charge in [0.1, 0.15) is 25.0 Å². The maximum atomic E-state index is 12.8. The summed E-state index contributed by atoms with van der Waals surface area (Å²) >= 11 is 0. The Morgan fingerprint density at radius 1 is 0.966 bits per heavy atom. The second-order valence-corrected chi connectivity index (χ2v) is 7.18. The van der Waals surface area contributed by atoms with Crippen LogP contribution in [0, 0.1) is 6.92 Å². The first-order valence-corrected chi connectivity index (χ1v) is 9.44. The van der Waals surface area contributed by atoms with E-state index < -0.39 is 11.7 Å². The molecule has 0 unspecified atom stereocenters. The highest BCUT2D eigenvalue weighted by Gasteiger charge is 2.33. The molecule has 3 heterocycles. The second-order valence-electron chi connectivity index (χ2n) is 7.18. The summed E-state index contributed by atoms with van der Waals surface area (Å²) in [6.45, 7) is 4.99. The SMILES string of the molecule is COc1ccc2[nH+]c(C)cc(N3CCN(c4ccc(C(F)(F)F)c[nH+]4)CC3)c2c1. The summed E-state index contributed by atoms with van der Waals surface area (Å²) in [5, 5.41) is 1.09. The second kappa shape index (κ2) is 7.42. The molecule has 5 nitrogen and oxygen atoms in total. The molecule has 1 aromatic carbocycles. The van der Waals surface area contributed by atoms with Crippen molar-refractivity contribution in [2.45, 2.75) is 13.1 Å². The smallest absolute Gasteiger partial charge is 0.419 e. The molecule has 4 rings (SSSR count). The number of fused-ring (bicyclic) bond motifs is 1. The fraction of sp³-hybridized carbons (Fsp3) is 0.333. The Morgan fingerprint density at radius 3 is 2.31 bits per heavy atom. The monoisotopic (exact) mass is 404 g/mol. The van der Waals surface area contributed by atoms with Gasteiger partial charge in [-0.25, -0.2) is 9.97 Å². The summed E-state index contributed by atoms with van der Waals surface area (Å²) in [7, 11) is 1.65. The molecule has 0 bridgehead atoms. The molecule has 8 heteroatoms.